The summed E-state index contributed by atoms with van der Waals surface area (Å²) in [6, 6.07) is 19.9. The van der Waals surface area contributed by atoms with Gasteiger partial charge in [-0.25, -0.2) is 4.79 Å². The molecule has 9 nitrogen and oxygen atoms in total. The Morgan fingerprint density at radius 1 is 0.806 bits per heavy atom. The van der Waals surface area contributed by atoms with Crippen LogP contribution in [-0.4, -0.2) is 21.5 Å². The molecule has 0 radical (unpaired) electrons. The van der Waals surface area contributed by atoms with Gasteiger partial charge in [0, 0.05) is 23.8 Å². The standard InChI is InChI=1S/C22H15N3O6/c26-22(18-10-13-19(14-11-18)24(27)28)31-23-20(16-6-2-1-3-7-16)15-12-17-8-4-5-9-21(17)25(29)30/h1-15H/b15-12+,23-20-. The number of nitro groups is 2. The molecule has 3 aromatic rings. The van der Waals surface area contributed by atoms with Gasteiger partial charge in [0.15, 0.2) is 0 Å². The zero-order valence-electron chi connectivity index (χ0n) is 16.0. The van der Waals surface area contributed by atoms with Crippen LogP contribution in [0.5, 0.6) is 0 Å². The predicted molar refractivity (Wildman–Crippen MR) is 114 cm³/mol. The van der Waals surface area contributed by atoms with Gasteiger partial charge in [0.1, 0.15) is 5.71 Å². The Morgan fingerprint density at radius 2 is 1.45 bits per heavy atom. The molecule has 0 saturated carbocycles. The normalized spacial score (nSPS) is 11.3. The van der Waals surface area contributed by atoms with Crippen molar-refractivity contribution in [1.82, 2.24) is 0 Å². The fraction of sp³-hybridized carbons (Fsp3) is 0. The molecular formula is C22H15N3O6. The van der Waals surface area contributed by atoms with Gasteiger partial charge in [0.05, 0.1) is 21.0 Å². The lowest BCUT2D eigenvalue weighted by Crippen LogP contribution is -2.05. The molecule has 0 saturated heterocycles. The van der Waals surface area contributed by atoms with E-state index in [2.05, 4.69) is 5.16 Å². The van der Waals surface area contributed by atoms with E-state index >= 15 is 0 Å². The summed E-state index contributed by atoms with van der Waals surface area (Å²) in [5.41, 5.74) is 1.09. The largest absolute Gasteiger partial charge is 0.365 e. The second kappa shape index (κ2) is 9.70. The fourth-order valence-electron chi connectivity index (χ4n) is 2.61. The van der Waals surface area contributed by atoms with E-state index in [1.54, 1.807) is 48.5 Å². The Hall–Kier alpha value is -4.66. The molecule has 9 heteroatoms. The van der Waals surface area contributed by atoms with Crippen molar-refractivity contribution in [3.05, 3.63) is 122 Å². The molecule has 3 aromatic carbocycles. The number of nitro benzene ring substituents is 2. The lowest BCUT2D eigenvalue weighted by atomic mass is 10.1. The highest BCUT2D eigenvalue weighted by atomic mass is 16.7. The van der Waals surface area contributed by atoms with E-state index in [9.17, 15) is 25.0 Å². The van der Waals surface area contributed by atoms with Crippen molar-refractivity contribution >= 4 is 29.1 Å². The van der Waals surface area contributed by atoms with Crippen LogP contribution in [0.1, 0.15) is 21.5 Å². The van der Waals surface area contributed by atoms with Gasteiger partial charge >= 0.3 is 5.97 Å². The van der Waals surface area contributed by atoms with Crippen LogP contribution in [-0.2, 0) is 4.84 Å². The summed E-state index contributed by atoms with van der Waals surface area (Å²) >= 11 is 0. The minimum absolute atomic E-state index is 0.0750. The SMILES string of the molecule is O=C(O/N=C(/C=C/c1ccccc1[N+](=O)[O-])c1ccccc1)c1ccc([N+](=O)[O-])cc1. The third-order valence-corrected chi connectivity index (χ3v) is 4.16. The molecule has 0 atom stereocenters. The van der Waals surface area contributed by atoms with Crippen LogP contribution in [0.2, 0.25) is 0 Å². The highest BCUT2D eigenvalue weighted by Crippen LogP contribution is 2.20. The van der Waals surface area contributed by atoms with E-state index in [-0.39, 0.29) is 22.6 Å². The average Bonchev–Trinajstić information content (AvgIpc) is 2.79. The number of oxime groups is 1. The van der Waals surface area contributed by atoms with Crippen LogP contribution >= 0.6 is 0 Å². The lowest BCUT2D eigenvalue weighted by Gasteiger charge is -2.03. The van der Waals surface area contributed by atoms with Gasteiger partial charge in [-0.3, -0.25) is 20.2 Å². The van der Waals surface area contributed by atoms with Crippen LogP contribution in [0.3, 0.4) is 0 Å². The van der Waals surface area contributed by atoms with E-state index in [0.717, 1.165) is 0 Å². The summed E-state index contributed by atoms with van der Waals surface area (Å²) < 4.78 is 0. The maximum Gasteiger partial charge on any atom is 0.365 e. The Bertz CT molecular complexity index is 1170. The quantitative estimate of drug-likeness (QED) is 0.236. The number of rotatable bonds is 7. The first-order valence-electron chi connectivity index (χ1n) is 8.96. The molecule has 31 heavy (non-hydrogen) atoms. The highest BCUT2D eigenvalue weighted by Gasteiger charge is 2.13. The fourth-order valence-corrected chi connectivity index (χ4v) is 2.61. The summed E-state index contributed by atoms with van der Waals surface area (Å²) in [5.74, 6) is -0.803. The van der Waals surface area contributed by atoms with Crippen molar-refractivity contribution in [2.24, 2.45) is 5.16 Å². The van der Waals surface area contributed by atoms with Crippen LogP contribution in [0, 0.1) is 20.2 Å². The van der Waals surface area contributed by atoms with Crippen molar-refractivity contribution in [2.75, 3.05) is 0 Å². The molecule has 3 rings (SSSR count). The Morgan fingerprint density at radius 3 is 2.10 bits per heavy atom. The van der Waals surface area contributed by atoms with E-state index in [4.69, 9.17) is 4.84 Å². The van der Waals surface area contributed by atoms with Crippen molar-refractivity contribution in [3.8, 4) is 0 Å². The molecule has 0 amide bonds. The smallest absolute Gasteiger partial charge is 0.312 e. The molecule has 0 N–H and O–H groups in total. The van der Waals surface area contributed by atoms with Crippen LogP contribution in [0.15, 0.2) is 90.1 Å². The van der Waals surface area contributed by atoms with Gasteiger partial charge in [-0.1, -0.05) is 47.6 Å². The molecule has 0 heterocycles. The Kier molecular flexibility index (Phi) is 6.59. The average molecular weight is 417 g/mol. The topological polar surface area (TPSA) is 125 Å². The van der Waals surface area contributed by atoms with E-state index in [1.165, 1.54) is 42.5 Å². The summed E-state index contributed by atoms with van der Waals surface area (Å²) in [4.78, 5) is 38.1. The first kappa shape index (κ1) is 21.1. The van der Waals surface area contributed by atoms with Gasteiger partial charge in [-0.15, -0.1) is 0 Å². The summed E-state index contributed by atoms with van der Waals surface area (Å²) in [6.45, 7) is 0. The van der Waals surface area contributed by atoms with Crippen LogP contribution in [0.25, 0.3) is 6.08 Å². The summed E-state index contributed by atoms with van der Waals surface area (Å²) in [6.07, 6.45) is 3.00. The van der Waals surface area contributed by atoms with Gasteiger partial charge in [0.2, 0.25) is 0 Å². The highest BCUT2D eigenvalue weighted by molar-refractivity contribution is 6.11. The molecule has 0 unspecified atom stereocenters. The first-order chi connectivity index (χ1) is 15.0. The zero-order valence-corrected chi connectivity index (χ0v) is 16.0. The summed E-state index contributed by atoms with van der Waals surface area (Å²) in [5, 5.41) is 25.8. The van der Waals surface area contributed by atoms with Crippen molar-refractivity contribution in [2.45, 2.75) is 0 Å². The van der Waals surface area contributed by atoms with Crippen molar-refractivity contribution in [3.63, 3.8) is 0 Å². The molecular weight excluding hydrogens is 402 g/mol. The number of hydrogen-bond donors (Lipinski definition) is 0. The molecule has 0 aliphatic heterocycles. The third-order valence-electron chi connectivity index (χ3n) is 4.16. The summed E-state index contributed by atoms with van der Waals surface area (Å²) in [7, 11) is 0. The second-order valence-electron chi connectivity index (χ2n) is 6.17. The lowest BCUT2D eigenvalue weighted by molar-refractivity contribution is -0.385. The zero-order chi connectivity index (χ0) is 22.2. The number of carbonyl (C=O) groups excluding carboxylic acids is 1. The van der Waals surface area contributed by atoms with Gasteiger partial charge in [-0.2, -0.15) is 0 Å². The van der Waals surface area contributed by atoms with Crippen LogP contribution < -0.4 is 0 Å². The van der Waals surface area contributed by atoms with Gasteiger partial charge in [0.25, 0.3) is 11.4 Å². The van der Waals surface area contributed by atoms with Crippen molar-refractivity contribution < 1.29 is 19.5 Å². The number of benzene rings is 3. The van der Waals surface area contributed by atoms with E-state index in [1.807, 2.05) is 0 Å². The number of allylic oxidation sites excluding steroid dienone is 1. The number of non-ortho nitro benzene ring substituents is 1. The molecule has 0 bridgehead atoms. The third kappa shape index (κ3) is 5.45. The van der Waals surface area contributed by atoms with E-state index < -0.39 is 15.8 Å². The Labute approximate surface area is 176 Å². The second-order valence-corrected chi connectivity index (χ2v) is 6.17. The van der Waals surface area contributed by atoms with E-state index in [0.29, 0.717) is 11.1 Å². The first-order valence-corrected chi connectivity index (χ1v) is 8.96. The minimum atomic E-state index is -0.803. The van der Waals surface area contributed by atoms with Crippen molar-refractivity contribution in [1.29, 1.82) is 0 Å². The molecule has 0 fully saturated rings. The van der Waals surface area contributed by atoms with Gasteiger partial charge < -0.3 is 4.84 Å². The Balaban J connectivity index is 1.88. The molecule has 0 aliphatic rings. The molecule has 154 valence electrons. The van der Waals surface area contributed by atoms with Gasteiger partial charge in [-0.05, 0) is 30.4 Å². The number of para-hydroxylation sites is 1. The minimum Gasteiger partial charge on any atom is -0.312 e. The molecule has 0 aliphatic carbocycles. The number of carbonyl (C=O) groups is 1. The predicted octanol–water partition coefficient (Wildman–Crippen LogP) is 4.78. The number of nitrogens with zero attached hydrogens (tertiary/aromatic N) is 3. The maximum absolute atomic E-state index is 12.3. The maximum atomic E-state index is 12.3. The molecule has 0 aromatic heterocycles. The number of hydrogen-bond acceptors (Lipinski definition) is 7. The monoisotopic (exact) mass is 417 g/mol. The molecule has 0 spiro atoms. The van der Waals surface area contributed by atoms with Crippen LogP contribution in [0.4, 0.5) is 11.4 Å².